The molecule has 2 saturated heterocycles. The van der Waals surface area contributed by atoms with Crippen molar-refractivity contribution >= 4 is 5.69 Å². The summed E-state index contributed by atoms with van der Waals surface area (Å²) in [7, 11) is 1.99. The topological polar surface area (TPSA) is 40.2 Å². The molecule has 0 saturated carbocycles. The summed E-state index contributed by atoms with van der Waals surface area (Å²) in [6, 6.07) is 9.59. The third-order valence-corrected chi connectivity index (χ3v) is 5.39. The number of anilines is 1. The average Bonchev–Trinajstić information content (AvgIpc) is 2.95. The second kappa shape index (κ2) is 6.54. The van der Waals surface area contributed by atoms with Crippen LogP contribution in [0.15, 0.2) is 36.7 Å². The van der Waals surface area contributed by atoms with Gasteiger partial charge >= 0.3 is 0 Å². The Hall–Kier alpha value is -1.91. The van der Waals surface area contributed by atoms with Gasteiger partial charge in [-0.05, 0) is 49.1 Å². The third kappa shape index (κ3) is 2.92. The van der Waals surface area contributed by atoms with Gasteiger partial charge < -0.3 is 15.5 Å². The minimum absolute atomic E-state index is 0.636. The number of pyridine rings is 1. The predicted molar refractivity (Wildman–Crippen MR) is 99.3 cm³/mol. The molecule has 24 heavy (non-hydrogen) atoms. The maximum absolute atomic E-state index is 4.41. The monoisotopic (exact) mass is 322 g/mol. The van der Waals surface area contributed by atoms with Crippen molar-refractivity contribution in [2.75, 3.05) is 31.6 Å². The predicted octanol–water partition coefficient (Wildman–Crippen LogP) is 2.57. The second-order valence-corrected chi connectivity index (χ2v) is 7.18. The third-order valence-electron chi connectivity index (χ3n) is 5.39. The number of nitrogens with one attached hydrogen (secondary N) is 2. The van der Waals surface area contributed by atoms with Crippen LogP contribution >= 0.6 is 0 Å². The van der Waals surface area contributed by atoms with Crippen LogP contribution in [0.25, 0.3) is 11.1 Å². The Bertz CT molecular complexity index is 715. The van der Waals surface area contributed by atoms with Crippen molar-refractivity contribution in [2.45, 2.75) is 25.9 Å². The van der Waals surface area contributed by atoms with Crippen LogP contribution in [-0.2, 0) is 6.54 Å². The lowest BCUT2D eigenvalue weighted by Crippen LogP contribution is -2.41. The molecule has 2 aromatic rings. The van der Waals surface area contributed by atoms with Gasteiger partial charge in [-0.15, -0.1) is 0 Å². The maximum atomic E-state index is 4.41. The summed E-state index contributed by atoms with van der Waals surface area (Å²) in [5, 5.41) is 6.88. The van der Waals surface area contributed by atoms with E-state index in [1.807, 2.05) is 19.4 Å². The van der Waals surface area contributed by atoms with Gasteiger partial charge in [-0.1, -0.05) is 18.2 Å². The summed E-state index contributed by atoms with van der Waals surface area (Å²) in [4.78, 5) is 6.94. The molecule has 0 aliphatic carbocycles. The quantitative estimate of drug-likeness (QED) is 0.908. The van der Waals surface area contributed by atoms with E-state index < -0.39 is 0 Å². The summed E-state index contributed by atoms with van der Waals surface area (Å²) < 4.78 is 0. The molecular weight excluding hydrogens is 296 g/mol. The van der Waals surface area contributed by atoms with Gasteiger partial charge in [0, 0.05) is 44.0 Å². The summed E-state index contributed by atoms with van der Waals surface area (Å²) in [5.41, 5.74) is 6.56. The number of hydrogen-bond acceptors (Lipinski definition) is 4. The Labute approximate surface area is 144 Å². The van der Waals surface area contributed by atoms with E-state index in [2.05, 4.69) is 51.7 Å². The molecule has 126 valence electrons. The standard InChI is InChI=1S/C20H26N4/c1-14-7-16(3-4-17(14)10-21-2)19-5-6-22-11-20(19)24-12-15-8-18(13-24)23-9-15/h3-7,11,15,18,21,23H,8-10,12-13H2,1-2H3. The largest absolute Gasteiger partial charge is 0.368 e. The summed E-state index contributed by atoms with van der Waals surface area (Å²) in [5.74, 6) is 0.775. The number of aromatic nitrogens is 1. The van der Waals surface area contributed by atoms with Crippen molar-refractivity contribution in [1.82, 2.24) is 15.6 Å². The number of rotatable bonds is 4. The highest BCUT2D eigenvalue weighted by molar-refractivity contribution is 5.78. The van der Waals surface area contributed by atoms with Gasteiger partial charge in [-0.25, -0.2) is 0 Å². The minimum Gasteiger partial charge on any atom is -0.368 e. The van der Waals surface area contributed by atoms with Gasteiger partial charge in [0.25, 0.3) is 0 Å². The summed E-state index contributed by atoms with van der Waals surface area (Å²) in [6.07, 6.45) is 5.27. The molecule has 2 aliphatic rings. The first kappa shape index (κ1) is 15.6. The number of nitrogens with zero attached hydrogens (tertiary/aromatic N) is 2. The van der Waals surface area contributed by atoms with E-state index in [-0.39, 0.29) is 0 Å². The van der Waals surface area contributed by atoms with Crippen LogP contribution in [0.2, 0.25) is 0 Å². The van der Waals surface area contributed by atoms with E-state index in [1.165, 1.54) is 34.4 Å². The second-order valence-electron chi connectivity index (χ2n) is 7.18. The molecule has 0 spiro atoms. The highest BCUT2D eigenvalue weighted by atomic mass is 15.2. The molecule has 2 fully saturated rings. The molecule has 3 heterocycles. The van der Waals surface area contributed by atoms with Crippen molar-refractivity contribution in [3.8, 4) is 11.1 Å². The first-order chi connectivity index (χ1) is 11.7. The van der Waals surface area contributed by atoms with Crippen molar-refractivity contribution in [2.24, 2.45) is 5.92 Å². The molecule has 0 radical (unpaired) electrons. The highest BCUT2D eigenvalue weighted by Gasteiger charge is 2.33. The molecular formula is C20H26N4. The van der Waals surface area contributed by atoms with Gasteiger partial charge in [0.1, 0.15) is 0 Å². The minimum atomic E-state index is 0.636. The van der Waals surface area contributed by atoms with Gasteiger partial charge in [0.2, 0.25) is 0 Å². The van der Waals surface area contributed by atoms with Crippen LogP contribution in [-0.4, -0.2) is 37.7 Å². The Morgan fingerprint density at radius 3 is 3.00 bits per heavy atom. The fourth-order valence-electron chi connectivity index (χ4n) is 4.16. The van der Waals surface area contributed by atoms with Crippen molar-refractivity contribution < 1.29 is 0 Å². The average molecular weight is 322 g/mol. The van der Waals surface area contributed by atoms with Crippen LogP contribution in [0, 0.1) is 12.8 Å². The van der Waals surface area contributed by atoms with E-state index >= 15 is 0 Å². The van der Waals surface area contributed by atoms with Crippen LogP contribution in [0.4, 0.5) is 5.69 Å². The lowest BCUT2D eigenvalue weighted by molar-refractivity contribution is 0.475. The first-order valence-corrected chi connectivity index (χ1v) is 8.91. The maximum Gasteiger partial charge on any atom is 0.0633 e. The van der Waals surface area contributed by atoms with Gasteiger partial charge in [0.05, 0.1) is 11.9 Å². The van der Waals surface area contributed by atoms with Crippen LogP contribution in [0.5, 0.6) is 0 Å². The summed E-state index contributed by atoms with van der Waals surface area (Å²) >= 11 is 0. The fraction of sp³-hybridized carbons (Fsp3) is 0.450. The molecule has 4 heteroatoms. The molecule has 2 aliphatic heterocycles. The van der Waals surface area contributed by atoms with E-state index in [1.54, 1.807) is 0 Å². The molecule has 2 bridgehead atoms. The number of benzene rings is 1. The smallest absolute Gasteiger partial charge is 0.0633 e. The van der Waals surface area contributed by atoms with Crippen LogP contribution in [0.1, 0.15) is 17.5 Å². The SMILES string of the molecule is CNCc1ccc(-c2ccncc2N2CC3CNC(C3)C2)cc1C. The van der Waals surface area contributed by atoms with Crippen molar-refractivity contribution in [3.63, 3.8) is 0 Å². The van der Waals surface area contributed by atoms with E-state index in [9.17, 15) is 0 Å². The van der Waals surface area contributed by atoms with Crippen molar-refractivity contribution in [1.29, 1.82) is 0 Å². The normalized spacial score (nSPS) is 22.8. The van der Waals surface area contributed by atoms with Crippen LogP contribution in [0.3, 0.4) is 0 Å². The zero-order valence-electron chi connectivity index (χ0n) is 14.5. The van der Waals surface area contributed by atoms with Gasteiger partial charge in [-0.3, -0.25) is 4.98 Å². The molecule has 1 aromatic heterocycles. The number of fused-ring (bicyclic) bond motifs is 2. The molecule has 4 nitrogen and oxygen atoms in total. The molecule has 2 N–H and O–H groups in total. The Balaban J connectivity index is 1.68. The Kier molecular flexibility index (Phi) is 4.25. The fourth-order valence-corrected chi connectivity index (χ4v) is 4.16. The lowest BCUT2D eigenvalue weighted by Gasteiger charge is -2.34. The number of hydrogen-bond donors (Lipinski definition) is 2. The molecule has 1 aromatic carbocycles. The van der Waals surface area contributed by atoms with Gasteiger partial charge in [-0.2, -0.15) is 0 Å². The van der Waals surface area contributed by atoms with Gasteiger partial charge in [0.15, 0.2) is 0 Å². The zero-order valence-corrected chi connectivity index (χ0v) is 14.5. The Morgan fingerprint density at radius 2 is 2.21 bits per heavy atom. The summed E-state index contributed by atoms with van der Waals surface area (Å²) in [6.45, 7) is 6.50. The lowest BCUT2D eigenvalue weighted by atomic mass is 9.96. The first-order valence-electron chi connectivity index (χ1n) is 8.91. The van der Waals surface area contributed by atoms with E-state index in [4.69, 9.17) is 0 Å². The van der Waals surface area contributed by atoms with E-state index in [0.717, 1.165) is 32.1 Å². The molecule has 2 unspecified atom stereocenters. The Morgan fingerprint density at radius 1 is 1.29 bits per heavy atom. The molecule has 2 atom stereocenters. The highest BCUT2D eigenvalue weighted by Crippen LogP contribution is 2.34. The number of piperidine rings is 1. The zero-order chi connectivity index (χ0) is 16.5. The molecule has 0 amide bonds. The molecule has 4 rings (SSSR count). The number of aryl methyl sites for hydroxylation is 1. The van der Waals surface area contributed by atoms with E-state index in [0.29, 0.717) is 6.04 Å². The van der Waals surface area contributed by atoms with Crippen LogP contribution < -0.4 is 15.5 Å². The van der Waals surface area contributed by atoms with Crippen molar-refractivity contribution in [3.05, 3.63) is 47.8 Å².